The molecule has 0 spiro atoms. The first-order valence-electron chi connectivity index (χ1n) is 14.2. The number of thioether (sulfide) groups is 2. The summed E-state index contributed by atoms with van der Waals surface area (Å²) in [5.41, 5.74) is 6.32. The number of carbonyl (C=O) groups excluding carboxylic acids is 3. The van der Waals surface area contributed by atoms with Gasteiger partial charge in [0.25, 0.3) is 0 Å². The third-order valence-corrected chi connectivity index (χ3v) is 8.66. The second-order valence-electron chi connectivity index (χ2n) is 10.1. The van der Waals surface area contributed by atoms with E-state index in [-0.39, 0.29) is 41.8 Å². The second kappa shape index (κ2) is 20.9. The Balaban J connectivity index is 2.98. The van der Waals surface area contributed by atoms with Crippen LogP contribution in [-0.2, 0) is 30.4 Å². The summed E-state index contributed by atoms with van der Waals surface area (Å²) in [7, 11) is 1.45. The van der Waals surface area contributed by atoms with Gasteiger partial charge in [0.15, 0.2) is 11.5 Å². The van der Waals surface area contributed by atoms with Crippen LogP contribution in [0.1, 0.15) is 63.9 Å². The number of nitrogens with one attached hydrogen (secondary N) is 2. The molecule has 1 rings (SSSR count). The van der Waals surface area contributed by atoms with E-state index in [0.717, 1.165) is 24.8 Å². The largest absolute Gasteiger partial charge is 0.504 e. The van der Waals surface area contributed by atoms with E-state index < -0.39 is 48.3 Å². The van der Waals surface area contributed by atoms with Crippen molar-refractivity contribution in [1.82, 2.24) is 10.6 Å². The number of phenolic OH excluding ortho intramolecular Hbond substituents is 1. The van der Waals surface area contributed by atoms with Crippen LogP contribution in [0, 0.1) is 0 Å². The van der Waals surface area contributed by atoms with Crippen molar-refractivity contribution in [3.05, 3.63) is 23.8 Å². The third kappa shape index (κ3) is 15.4. The van der Waals surface area contributed by atoms with Crippen LogP contribution in [0.15, 0.2) is 18.2 Å². The van der Waals surface area contributed by atoms with Gasteiger partial charge < -0.3 is 36.4 Å². The topological polar surface area (TPSA) is 205 Å². The van der Waals surface area contributed by atoms with Crippen molar-refractivity contribution in [2.24, 2.45) is 5.73 Å². The summed E-state index contributed by atoms with van der Waals surface area (Å²) in [6.45, 7) is 2.06. The van der Waals surface area contributed by atoms with Crippen LogP contribution in [0.2, 0.25) is 0 Å². The molecular formula is C29H45N3O9S2. The number of hydrogen-bond acceptors (Lipinski definition) is 10. The Bertz CT molecular complexity index is 1070. The van der Waals surface area contributed by atoms with E-state index >= 15 is 0 Å². The van der Waals surface area contributed by atoms with Crippen molar-refractivity contribution >= 4 is 53.1 Å². The Morgan fingerprint density at radius 2 is 1.72 bits per heavy atom. The molecular weight excluding hydrogens is 598 g/mol. The summed E-state index contributed by atoms with van der Waals surface area (Å²) in [6, 6.07) is 1.14. The molecule has 12 nitrogen and oxygen atoms in total. The zero-order valence-corrected chi connectivity index (χ0v) is 26.6. The number of phenols is 1. The van der Waals surface area contributed by atoms with E-state index in [2.05, 4.69) is 17.6 Å². The lowest BCUT2D eigenvalue weighted by atomic mass is 10.0. The number of carboxylic acids is 2. The molecule has 4 unspecified atom stereocenters. The lowest BCUT2D eigenvalue weighted by molar-refractivity contribution is -0.142. The average Bonchev–Trinajstić information content (AvgIpc) is 2.96. The molecule has 4 atom stereocenters. The molecule has 0 saturated heterocycles. The van der Waals surface area contributed by atoms with Gasteiger partial charge in [0.05, 0.1) is 13.5 Å². The Hall–Kier alpha value is -2.97. The fourth-order valence-corrected chi connectivity index (χ4v) is 5.91. The van der Waals surface area contributed by atoms with Gasteiger partial charge in [-0.25, -0.2) is 4.79 Å². The van der Waals surface area contributed by atoms with Crippen LogP contribution in [0.4, 0.5) is 0 Å². The number of Topliss-reactive ketones (excluding diaryl/α,β-unsaturated/α-hetero) is 1. The number of aryl methyl sites for hydroxylation is 1. The minimum Gasteiger partial charge on any atom is -0.504 e. The molecule has 0 heterocycles. The summed E-state index contributed by atoms with van der Waals surface area (Å²) >= 11 is 2.77. The molecule has 14 heteroatoms. The van der Waals surface area contributed by atoms with Gasteiger partial charge in [0.1, 0.15) is 23.9 Å². The number of carbonyl (C=O) groups is 5. The van der Waals surface area contributed by atoms with Crippen LogP contribution in [0.25, 0.3) is 0 Å². The molecule has 0 radical (unpaired) electrons. The Morgan fingerprint density at radius 3 is 2.33 bits per heavy atom. The number of aromatic hydroxyl groups is 1. The molecule has 0 fully saturated rings. The number of aliphatic carboxylic acids is 2. The van der Waals surface area contributed by atoms with Gasteiger partial charge in [-0.3, -0.25) is 19.2 Å². The predicted molar refractivity (Wildman–Crippen MR) is 168 cm³/mol. The quantitative estimate of drug-likeness (QED) is 0.0952. The highest BCUT2D eigenvalue weighted by Gasteiger charge is 2.29. The fourth-order valence-electron chi connectivity index (χ4n) is 4.10. The van der Waals surface area contributed by atoms with E-state index in [1.54, 1.807) is 12.1 Å². The molecule has 7 N–H and O–H groups in total. The molecule has 1 aromatic carbocycles. The Morgan fingerprint density at radius 1 is 1.00 bits per heavy atom. The highest BCUT2D eigenvalue weighted by molar-refractivity contribution is 8.00. The van der Waals surface area contributed by atoms with Crippen molar-refractivity contribution in [3.8, 4) is 11.5 Å². The highest BCUT2D eigenvalue weighted by atomic mass is 32.2. The van der Waals surface area contributed by atoms with Gasteiger partial charge in [-0.1, -0.05) is 32.3 Å². The number of nitrogens with two attached hydrogens (primary N) is 1. The van der Waals surface area contributed by atoms with E-state index in [1.165, 1.54) is 36.7 Å². The van der Waals surface area contributed by atoms with Crippen molar-refractivity contribution in [2.45, 2.75) is 88.1 Å². The molecule has 0 aromatic heterocycles. The van der Waals surface area contributed by atoms with Gasteiger partial charge in [0.2, 0.25) is 11.8 Å². The third-order valence-electron chi connectivity index (χ3n) is 6.62. The SMILES string of the molecule is CCCCCC(CC(=O)CCc1ccc(O)c(OC)c1)SCC(NC(=O)CC(N)C(=O)O)C(=O)NC(CCSC)C(=O)O. The number of carboxylic acid groups (broad SMARTS) is 2. The highest BCUT2D eigenvalue weighted by Crippen LogP contribution is 2.28. The monoisotopic (exact) mass is 643 g/mol. The van der Waals surface area contributed by atoms with Crippen molar-refractivity contribution < 1.29 is 44.0 Å². The summed E-state index contributed by atoms with van der Waals surface area (Å²) < 4.78 is 5.13. The van der Waals surface area contributed by atoms with E-state index in [1.807, 2.05) is 6.26 Å². The number of hydrogen-bond donors (Lipinski definition) is 6. The van der Waals surface area contributed by atoms with Crippen LogP contribution >= 0.6 is 23.5 Å². The summed E-state index contributed by atoms with van der Waals surface area (Å²) in [5.74, 6) is -3.14. The maximum Gasteiger partial charge on any atom is 0.326 e. The van der Waals surface area contributed by atoms with Crippen LogP contribution in [0.5, 0.6) is 11.5 Å². The smallest absolute Gasteiger partial charge is 0.326 e. The predicted octanol–water partition coefficient (Wildman–Crippen LogP) is 2.58. The van der Waals surface area contributed by atoms with Crippen LogP contribution in [0.3, 0.4) is 0 Å². The molecule has 242 valence electrons. The first-order chi connectivity index (χ1) is 20.4. The second-order valence-corrected chi connectivity index (χ2v) is 12.5. The number of methoxy groups -OCH3 is 1. The molecule has 0 aliphatic heterocycles. The lowest BCUT2D eigenvalue weighted by Gasteiger charge is -2.24. The van der Waals surface area contributed by atoms with E-state index in [0.29, 0.717) is 24.3 Å². The van der Waals surface area contributed by atoms with Crippen LogP contribution < -0.4 is 21.1 Å². The van der Waals surface area contributed by atoms with Crippen LogP contribution in [-0.4, -0.2) is 93.1 Å². The van der Waals surface area contributed by atoms with Crippen molar-refractivity contribution in [2.75, 3.05) is 24.9 Å². The zero-order valence-electron chi connectivity index (χ0n) is 25.0. The van der Waals surface area contributed by atoms with Crippen molar-refractivity contribution in [1.29, 1.82) is 0 Å². The summed E-state index contributed by atoms with van der Waals surface area (Å²) in [4.78, 5) is 61.5. The number of unbranched alkanes of at least 4 members (excludes halogenated alkanes) is 2. The molecule has 1 aromatic rings. The maximum absolute atomic E-state index is 13.2. The normalized spacial score (nSPS) is 13.8. The van der Waals surface area contributed by atoms with Gasteiger partial charge in [-0.2, -0.15) is 23.5 Å². The van der Waals surface area contributed by atoms with E-state index in [4.69, 9.17) is 15.6 Å². The van der Waals surface area contributed by atoms with Gasteiger partial charge in [-0.15, -0.1) is 0 Å². The van der Waals surface area contributed by atoms with E-state index in [9.17, 15) is 34.2 Å². The average molecular weight is 644 g/mol. The molecule has 0 bridgehead atoms. The first-order valence-corrected chi connectivity index (χ1v) is 16.6. The molecule has 2 amide bonds. The zero-order chi connectivity index (χ0) is 32.4. The summed E-state index contributed by atoms with van der Waals surface area (Å²) in [5, 5.41) is 33.2. The minimum atomic E-state index is -1.46. The molecule has 0 aliphatic rings. The molecule has 43 heavy (non-hydrogen) atoms. The summed E-state index contributed by atoms with van der Waals surface area (Å²) in [6.07, 6.45) is 5.90. The maximum atomic E-state index is 13.2. The Kier molecular flexibility index (Phi) is 18.5. The Labute approximate surface area is 261 Å². The minimum absolute atomic E-state index is 0.0134. The lowest BCUT2D eigenvalue weighted by Crippen LogP contribution is -2.53. The number of ether oxygens (including phenoxy) is 1. The number of ketones is 1. The van der Waals surface area contributed by atoms with Gasteiger partial charge >= 0.3 is 11.9 Å². The molecule has 0 aliphatic carbocycles. The number of rotatable bonds is 23. The van der Waals surface area contributed by atoms with Crippen molar-refractivity contribution in [3.63, 3.8) is 0 Å². The molecule has 0 saturated carbocycles. The standard InChI is InChI=1S/C29H45N3O9S2/c1-4-5-6-7-20(15-19(33)10-8-18-9-11-24(34)25(14-18)41-2)43-17-23(31-26(35)16-21(30)28(37)38)27(36)32-22(29(39)40)12-13-42-3/h9,11,14,20-23,34H,4-8,10,12-13,15-17,30H2,1-3H3,(H,31,35)(H,32,36)(H,37,38)(H,39,40). The fraction of sp³-hybridized carbons (Fsp3) is 0.621. The van der Waals surface area contributed by atoms with Gasteiger partial charge in [0, 0.05) is 23.8 Å². The number of amides is 2. The van der Waals surface area contributed by atoms with Gasteiger partial charge in [-0.05, 0) is 49.0 Å². The number of benzene rings is 1. The first kappa shape index (κ1) is 38.1.